The van der Waals surface area contributed by atoms with Crippen molar-refractivity contribution in [1.82, 2.24) is 9.97 Å². The molecule has 7 heteroatoms. The van der Waals surface area contributed by atoms with Gasteiger partial charge in [-0.05, 0) is 13.3 Å². The summed E-state index contributed by atoms with van der Waals surface area (Å²) < 4.78 is 5.53. The van der Waals surface area contributed by atoms with Crippen LogP contribution in [0.1, 0.15) is 19.0 Å². The number of anilines is 1. The van der Waals surface area contributed by atoms with Crippen molar-refractivity contribution >= 4 is 11.7 Å². The van der Waals surface area contributed by atoms with Crippen molar-refractivity contribution in [3.05, 3.63) is 18.1 Å². The molecule has 1 aliphatic heterocycles. The number of hydrogen-bond acceptors (Lipinski definition) is 6. The Morgan fingerprint density at radius 3 is 2.83 bits per heavy atom. The highest BCUT2D eigenvalue weighted by atomic mass is 16.5. The van der Waals surface area contributed by atoms with Gasteiger partial charge in [0.2, 0.25) is 0 Å². The van der Waals surface area contributed by atoms with Gasteiger partial charge in [-0.15, -0.1) is 0 Å². The third-order valence-corrected chi connectivity index (χ3v) is 3.20. The zero-order valence-electron chi connectivity index (χ0n) is 10.4. The lowest BCUT2D eigenvalue weighted by molar-refractivity contribution is 0.118. The minimum atomic E-state index is -0.0470. The summed E-state index contributed by atoms with van der Waals surface area (Å²) in [6.45, 7) is 2.82. The summed E-state index contributed by atoms with van der Waals surface area (Å²) in [4.78, 5) is 10.4. The van der Waals surface area contributed by atoms with Crippen LogP contribution in [0.2, 0.25) is 0 Å². The van der Waals surface area contributed by atoms with Gasteiger partial charge in [0.15, 0.2) is 5.84 Å². The van der Waals surface area contributed by atoms with Crippen LogP contribution in [0.5, 0.6) is 0 Å². The van der Waals surface area contributed by atoms with Crippen molar-refractivity contribution in [1.29, 1.82) is 0 Å². The van der Waals surface area contributed by atoms with Gasteiger partial charge in [0.05, 0.1) is 24.5 Å². The smallest absolute Gasteiger partial charge is 0.190 e. The first-order valence-electron chi connectivity index (χ1n) is 5.78. The molecule has 0 amide bonds. The first kappa shape index (κ1) is 12.6. The maximum atomic E-state index is 8.54. The highest BCUT2D eigenvalue weighted by Gasteiger charge is 2.28. The molecule has 1 fully saturated rings. The van der Waals surface area contributed by atoms with Crippen molar-refractivity contribution in [2.24, 2.45) is 10.9 Å². The molecule has 1 saturated heterocycles. The minimum absolute atomic E-state index is 0.0470. The second-order valence-electron chi connectivity index (χ2n) is 4.29. The van der Waals surface area contributed by atoms with E-state index < -0.39 is 0 Å². The molecule has 0 aromatic carbocycles. The fraction of sp³-hybridized carbons (Fsp3) is 0.545. The molecule has 1 aromatic rings. The quantitative estimate of drug-likeness (QED) is 0.344. The zero-order chi connectivity index (χ0) is 13.1. The largest absolute Gasteiger partial charge is 0.409 e. The number of nitrogens with two attached hydrogens (primary N) is 1. The molecule has 0 spiro atoms. The van der Waals surface area contributed by atoms with Crippen LogP contribution in [-0.2, 0) is 4.74 Å². The Bertz CT molecular complexity index is 434. The van der Waals surface area contributed by atoms with Crippen LogP contribution in [-0.4, -0.2) is 46.8 Å². The second kappa shape index (κ2) is 5.18. The van der Waals surface area contributed by atoms with Crippen LogP contribution in [0.25, 0.3) is 0 Å². The number of hydrogen-bond donors (Lipinski definition) is 2. The molecule has 0 bridgehead atoms. The summed E-state index contributed by atoms with van der Waals surface area (Å²) >= 11 is 0. The summed E-state index contributed by atoms with van der Waals surface area (Å²) in [5, 5.41) is 11.4. The van der Waals surface area contributed by atoms with E-state index in [9.17, 15) is 0 Å². The molecule has 2 unspecified atom stereocenters. The van der Waals surface area contributed by atoms with Gasteiger partial charge < -0.3 is 20.6 Å². The summed E-state index contributed by atoms with van der Waals surface area (Å²) in [5.74, 6) is 0.695. The average Bonchev–Trinajstić information content (AvgIpc) is 2.83. The van der Waals surface area contributed by atoms with Crippen LogP contribution >= 0.6 is 0 Å². The van der Waals surface area contributed by atoms with E-state index in [1.54, 1.807) is 6.20 Å². The Morgan fingerprint density at radius 1 is 1.56 bits per heavy atom. The van der Waals surface area contributed by atoms with E-state index in [0.29, 0.717) is 11.7 Å². The fourth-order valence-corrected chi connectivity index (χ4v) is 2.09. The van der Waals surface area contributed by atoms with Crippen LogP contribution in [0, 0.1) is 0 Å². The van der Waals surface area contributed by atoms with Crippen molar-refractivity contribution in [2.45, 2.75) is 25.5 Å². The molecule has 0 radical (unpaired) electrons. The van der Waals surface area contributed by atoms with E-state index in [2.05, 4.69) is 15.1 Å². The number of aromatic nitrogens is 2. The average molecular weight is 251 g/mol. The van der Waals surface area contributed by atoms with Gasteiger partial charge >= 0.3 is 0 Å². The van der Waals surface area contributed by atoms with Gasteiger partial charge in [0.1, 0.15) is 11.5 Å². The minimum Gasteiger partial charge on any atom is -0.409 e. The predicted molar refractivity (Wildman–Crippen MR) is 66.8 cm³/mol. The maximum absolute atomic E-state index is 8.54. The van der Waals surface area contributed by atoms with Gasteiger partial charge in [0.25, 0.3) is 0 Å². The first-order valence-corrected chi connectivity index (χ1v) is 5.78. The SMILES string of the molecule is CC1OCCC1N(C)c1cnc(C(N)=NO)cn1. The summed E-state index contributed by atoms with van der Waals surface area (Å²) in [7, 11) is 1.96. The highest BCUT2D eigenvalue weighted by molar-refractivity contribution is 5.94. The number of oxime groups is 1. The monoisotopic (exact) mass is 251 g/mol. The fourth-order valence-electron chi connectivity index (χ4n) is 2.09. The summed E-state index contributed by atoms with van der Waals surface area (Å²) in [6, 6.07) is 0.300. The van der Waals surface area contributed by atoms with Gasteiger partial charge in [-0.2, -0.15) is 0 Å². The summed E-state index contributed by atoms with van der Waals surface area (Å²) in [5.41, 5.74) is 5.78. The normalized spacial score (nSPS) is 24.2. The van der Waals surface area contributed by atoms with Gasteiger partial charge in [-0.3, -0.25) is 0 Å². The Balaban J connectivity index is 2.14. The predicted octanol–water partition coefficient (Wildman–Crippen LogP) is 0.185. The van der Waals surface area contributed by atoms with Crippen molar-refractivity contribution in [2.75, 3.05) is 18.6 Å². The molecule has 0 aliphatic carbocycles. The second-order valence-corrected chi connectivity index (χ2v) is 4.29. The van der Waals surface area contributed by atoms with Gasteiger partial charge in [-0.25, -0.2) is 9.97 Å². The van der Waals surface area contributed by atoms with Crippen molar-refractivity contribution < 1.29 is 9.94 Å². The molecular weight excluding hydrogens is 234 g/mol. The van der Waals surface area contributed by atoms with Gasteiger partial charge in [-0.1, -0.05) is 5.16 Å². The standard InChI is InChI=1S/C11H17N5O2/c1-7-9(3-4-18-7)16(2)10-6-13-8(5-14-10)11(12)15-17/h5-7,9,17H,3-4H2,1-2H3,(H2,12,15). The highest BCUT2D eigenvalue weighted by Crippen LogP contribution is 2.22. The third kappa shape index (κ3) is 2.35. The molecule has 98 valence electrons. The van der Waals surface area contributed by atoms with E-state index in [0.717, 1.165) is 18.8 Å². The lowest BCUT2D eigenvalue weighted by atomic mass is 10.1. The van der Waals surface area contributed by atoms with Gasteiger partial charge in [0, 0.05) is 13.7 Å². The molecule has 7 nitrogen and oxygen atoms in total. The molecule has 1 aromatic heterocycles. The molecule has 2 atom stereocenters. The molecule has 2 rings (SSSR count). The molecule has 1 aliphatic rings. The van der Waals surface area contributed by atoms with E-state index in [4.69, 9.17) is 15.7 Å². The Morgan fingerprint density at radius 2 is 2.33 bits per heavy atom. The Kier molecular flexibility index (Phi) is 3.61. The maximum Gasteiger partial charge on any atom is 0.190 e. The van der Waals surface area contributed by atoms with Crippen LogP contribution in [0.3, 0.4) is 0 Å². The third-order valence-electron chi connectivity index (χ3n) is 3.20. The van der Waals surface area contributed by atoms with E-state index in [1.165, 1.54) is 6.20 Å². The van der Waals surface area contributed by atoms with E-state index in [-0.39, 0.29) is 11.9 Å². The van der Waals surface area contributed by atoms with Crippen LogP contribution < -0.4 is 10.6 Å². The lowest BCUT2D eigenvalue weighted by Gasteiger charge is -2.27. The van der Waals surface area contributed by atoms with Crippen LogP contribution in [0.4, 0.5) is 5.82 Å². The molecule has 0 saturated carbocycles. The number of amidine groups is 1. The Hall–Kier alpha value is -1.89. The van der Waals surface area contributed by atoms with E-state index >= 15 is 0 Å². The number of nitrogens with zero attached hydrogens (tertiary/aromatic N) is 4. The molecular formula is C11H17N5O2. The number of ether oxygens (including phenoxy) is 1. The first-order chi connectivity index (χ1) is 8.63. The van der Waals surface area contributed by atoms with Crippen molar-refractivity contribution in [3.8, 4) is 0 Å². The Labute approximate surface area is 105 Å². The lowest BCUT2D eigenvalue weighted by Crippen LogP contribution is -2.37. The summed E-state index contributed by atoms with van der Waals surface area (Å²) in [6.07, 6.45) is 4.25. The molecule has 18 heavy (non-hydrogen) atoms. The topological polar surface area (TPSA) is 96.9 Å². The molecule has 2 heterocycles. The van der Waals surface area contributed by atoms with E-state index in [1.807, 2.05) is 18.9 Å². The number of likely N-dealkylation sites (N-methyl/N-ethyl adjacent to an activating group) is 1. The number of rotatable bonds is 3. The molecule has 3 N–H and O–H groups in total. The van der Waals surface area contributed by atoms with Crippen LogP contribution in [0.15, 0.2) is 17.5 Å². The van der Waals surface area contributed by atoms with Crippen molar-refractivity contribution in [3.63, 3.8) is 0 Å². The zero-order valence-corrected chi connectivity index (χ0v) is 10.4.